The summed E-state index contributed by atoms with van der Waals surface area (Å²) >= 11 is 0. The second-order valence-electron chi connectivity index (χ2n) is 9.70. The summed E-state index contributed by atoms with van der Waals surface area (Å²) in [4.78, 5) is 1.67. The van der Waals surface area contributed by atoms with Crippen molar-refractivity contribution in [3.8, 4) is 22.5 Å². The van der Waals surface area contributed by atoms with E-state index in [1.54, 1.807) is 0 Å². The molecule has 8 nitrogen and oxygen atoms in total. The van der Waals surface area contributed by atoms with E-state index in [0.717, 1.165) is 56.7 Å². The number of piperidine rings is 1. The summed E-state index contributed by atoms with van der Waals surface area (Å²) in [6.07, 6.45) is 0.0525. The van der Waals surface area contributed by atoms with Crippen molar-refractivity contribution in [2.24, 2.45) is 5.73 Å². The zero-order chi connectivity index (χ0) is 25.7. The molecule has 0 atom stereocenters. The van der Waals surface area contributed by atoms with Gasteiger partial charge >= 0.3 is 6.18 Å². The molecule has 1 aliphatic heterocycles. The normalized spacial score (nSPS) is 21.9. The highest BCUT2D eigenvalue weighted by Crippen LogP contribution is 2.43. The Hall–Kier alpha value is -2.83. The second kappa shape index (κ2) is 9.24. The lowest BCUT2D eigenvalue weighted by atomic mass is 9.82. The van der Waals surface area contributed by atoms with Crippen LogP contribution in [0.15, 0.2) is 41.3 Å². The number of hydrogen-bond acceptors (Lipinski definition) is 7. The number of halogens is 3. The average Bonchev–Trinajstić information content (AvgIpc) is 3.35. The van der Waals surface area contributed by atoms with Crippen LogP contribution in [0.25, 0.3) is 22.5 Å². The Morgan fingerprint density at radius 1 is 1.06 bits per heavy atom. The van der Waals surface area contributed by atoms with Crippen LogP contribution in [0, 0.1) is 0 Å². The van der Waals surface area contributed by atoms with E-state index in [1.807, 2.05) is 24.3 Å². The van der Waals surface area contributed by atoms with E-state index < -0.39 is 26.5 Å². The van der Waals surface area contributed by atoms with Crippen LogP contribution in [0.5, 0.6) is 0 Å². The maximum Gasteiger partial charge on any atom is 0.417 e. The van der Waals surface area contributed by atoms with E-state index in [2.05, 4.69) is 25.5 Å². The lowest BCUT2D eigenvalue weighted by Crippen LogP contribution is -2.52. The molecule has 1 saturated heterocycles. The van der Waals surface area contributed by atoms with Gasteiger partial charge in [-0.1, -0.05) is 30.3 Å². The van der Waals surface area contributed by atoms with Crippen LogP contribution in [0.2, 0.25) is 0 Å². The summed E-state index contributed by atoms with van der Waals surface area (Å²) in [7, 11) is -4.29. The topological polar surface area (TPSA) is 118 Å². The van der Waals surface area contributed by atoms with Gasteiger partial charge in [0.25, 0.3) is 0 Å². The summed E-state index contributed by atoms with van der Waals surface area (Å²) in [5, 5.41) is 13.1. The van der Waals surface area contributed by atoms with E-state index >= 15 is 0 Å². The second-order valence-corrected chi connectivity index (χ2v) is 11.7. The number of sulfone groups is 1. The molecule has 12 heteroatoms. The van der Waals surface area contributed by atoms with Crippen LogP contribution in [0.4, 0.5) is 13.2 Å². The third kappa shape index (κ3) is 4.76. The van der Waals surface area contributed by atoms with Crippen LogP contribution in [0.1, 0.15) is 42.7 Å². The number of nitrogens with one attached hydrogen (secondary N) is 1. The van der Waals surface area contributed by atoms with Gasteiger partial charge in [-0.15, -0.1) is 5.10 Å². The Kier molecular flexibility index (Phi) is 6.38. The molecule has 2 fully saturated rings. The molecular formula is C24H27F3N6O2S. The molecule has 5 rings (SSSR count). The summed E-state index contributed by atoms with van der Waals surface area (Å²) in [5.74, 6) is 0.241. The van der Waals surface area contributed by atoms with Crippen LogP contribution in [0.3, 0.4) is 0 Å². The third-order valence-corrected chi connectivity index (χ3v) is 8.47. The maximum absolute atomic E-state index is 13.8. The van der Waals surface area contributed by atoms with E-state index in [0.29, 0.717) is 29.1 Å². The van der Waals surface area contributed by atoms with Gasteiger partial charge in [0.05, 0.1) is 10.5 Å². The Morgan fingerprint density at radius 3 is 2.25 bits per heavy atom. The number of likely N-dealkylation sites (tertiary alicyclic amines) is 1. The molecule has 0 radical (unpaired) electrons. The Balaban J connectivity index is 1.48. The van der Waals surface area contributed by atoms with Crippen LogP contribution in [-0.4, -0.2) is 65.4 Å². The lowest BCUT2D eigenvalue weighted by molar-refractivity contribution is -0.139. The molecule has 1 aromatic heterocycles. The van der Waals surface area contributed by atoms with Crippen molar-refractivity contribution in [2.45, 2.75) is 54.8 Å². The lowest BCUT2D eigenvalue weighted by Gasteiger charge is -2.44. The SMILES string of the molecule is CS(=O)(=O)c1c(C(F)(F)F)ccc(-c2ccc(C3CCN(C4CC(N)C4)CC3)cc2)c1-c1nnn[nH]1. The first-order valence-electron chi connectivity index (χ1n) is 11.8. The number of benzene rings is 2. The van der Waals surface area contributed by atoms with Gasteiger partial charge in [0.2, 0.25) is 0 Å². The number of nitrogens with zero attached hydrogens (tertiary/aromatic N) is 4. The number of aromatic nitrogens is 4. The Bertz CT molecular complexity index is 1330. The van der Waals surface area contributed by atoms with E-state index in [1.165, 1.54) is 6.07 Å². The molecule has 36 heavy (non-hydrogen) atoms. The Morgan fingerprint density at radius 2 is 1.72 bits per heavy atom. The molecular weight excluding hydrogens is 493 g/mol. The quantitative estimate of drug-likeness (QED) is 0.528. The van der Waals surface area contributed by atoms with Gasteiger partial charge in [-0.05, 0) is 77.9 Å². The number of tetrazole rings is 1. The molecule has 3 N–H and O–H groups in total. The standard InChI is InChI=1S/C24H27F3N6O2S/c1-36(34,35)22-20(24(25,26)27)7-6-19(21(22)23-29-31-32-30-23)16-4-2-14(3-5-16)15-8-10-33(11-9-15)18-12-17(28)13-18/h2-7,15,17-18H,8-13,28H2,1H3,(H,29,30,31,32). The number of alkyl halides is 3. The van der Waals surface area contributed by atoms with Gasteiger partial charge in [-0.3, -0.25) is 0 Å². The molecule has 2 aromatic carbocycles. The van der Waals surface area contributed by atoms with Crippen LogP contribution >= 0.6 is 0 Å². The molecule has 2 aliphatic rings. The van der Waals surface area contributed by atoms with E-state index in [9.17, 15) is 21.6 Å². The monoisotopic (exact) mass is 520 g/mol. The zero-order valence-corrected chi connectivity index (χ0v) is 20.5. The number of aromatic amines is 1. The number of H-pyrrole nitrogens is 1. The first-order chi connectivity index (χ1) is 17.0. The van der Waals surface area contributed by atoms with Crippen molar-refractivity contribution in [1.82, 2.24) is 25.5 Å². The summed E-state index contributed by atoms with van der Waals surface area (Å²) in [5.41, 5.74) is 6.50. The van der Waals surface area contributed by atoms with Crippen LogP contribution < -0.4 is 5.73 Å². The fourth-order valence-electron chi connectivity index (χ4n) is 5.39. The van der Waals surface area contributed by atoms with E-state index in [4.69, 9.17) is 5.73 Å². The minimum absolute atomic E-state index is 0.149. The van der Waals surface area contributed by atoms with Gasteiger partial charge in [0.1, 0.15) is 0 Å². The molecule has 0 amide bonds. The first kappa shape index (κ1) is 24.8. The smallest absolute Gasteiger partial charge is 0.328 e. The fourth-order valence-corrected chi connectivity index (χ4v) is 6.55. The maximum atomic E-state index is 13.8. The summed E-state index contributed by atoms with van der Waals surface area (Å²) < 4.78 is 66.5. The fraction of sp³-hybridized carbons (Fsp3) is 0.458. The molecule has 1 saturated carbocycles. The highest BCUT2D eigenvalue weighted by Gasteiger charge is 2.39. The van der Waals surface area contributed by atoms with Gasteiger partial charge in [0, 0.05) is 23.9 Å². The summed E-state index contributed by atoms with van der Waals surface area (Å²) in [6.45, 7) is 2.03. The van der Waals surface area contributed by atoms with Crippen molar-refractivity contribution < 1.29 is 21.6 Å². The van der Waals surface area contributed by atoms with Crippen molar-refractivity contribution in [2.75, 3.05) is 19.3 Å². The minimum Gasteiger partial charge on any atom is -0.328 e. The molecule has 192 valence electrons. The molecule has 2 heterocycles. The van der Waals surface area contributed by atoms with Gasteiger partial charge in [-0.25, -0.2) is 13.5 Å². The highest BCUT2D eigenvalue weighted by atomic mass is 32.2. The largest absolute Gasteiger partial charge is 0.417 e. The van der Waals surface area contributed by atoms with Gasteiger partial charge in [-0.2, -0.15) is 13.2 Å². The molecule has 0 bridgehead atoms. The molecule has 3 aromatic rings. The number of nitrogens with two attached hydrogens (primary N) is 1. The van der Waals surface area contributed by atoms with Crippen molar-refractivity contribution in [3.05, 3.63) is 47.5 Å². The van der Waals surface area contributed by atoms with Gasteiger partial charge < -0.3 is 10.6 Å². The van der Waals surface area contributed by atoms with Crippen LogP contribution in [-0.2, 0) is 16.0 Å². The first-order valence-corrected chi connectivity index (χ1v) is 13.7. The van der Waals surface area contributed by atoms with Gasteiger partial charge in [0.15, 0.2) is 15.7 Å². The van der Waals surface area contributed by atoms with Crippen molar-refractivity contribution >= 4 is 9.84 Å². The highest BCUT2D eigenvalue weighted by molar-refractivity contribution is 7.91. The number of hydrogen-bond donors (Lipinski definition) is 2. The predicted molar refractivity (Wildman–Crippen MR) is 128 cm³/mol. The number of rotatable bonds is 5. The third-order valence-electron chi connectivity index (χ3n) is 7.30. The molecule has 0 spiro atoms. The zero-order valence-electron chi connectivity index (χ0n) is 19.7. The van der Waals surface area contributed by atoms with E-state index in [-0.39, 0.29) is 11.4 Å². The molecule has 0 unspecified atom stereocenters. The summed E-state index contributed by atoms with van der Waals surface area (Å²) in [6, 6.07) is 10.6. The predicted octanol–water partition coefficient (Wildman–Crippen LogP) is 3.63. The molecule has 1 aliphatic carbocycles. The Labute approximate surface area is 207 Å². The average molecular weight is 521 g/mol. The minimum atomic E-state index is -4.87. The van der Waals surface area contributed by atoms with Crippen molar-refractivity contribution in [3.63, 3.8) is 0 Å². The van der Waals surface area contributed by atoms with Crippen molar-refractivity contribution in [1.29, 1.82) is 0 Å².